The first-order chi connectivity index (χ1) is 9.11. The van der Waals surface area contributed by atoms with Crippen LogP contribution in [-0.4, -0.2) is 34.3 Å². The molecule has 1 aromatic rings. The van der Waals surface area contributed by atoms with Crippen molar-refractivity contribution in [2.24, 2.45) is 0 Å². The Morgan fingerprint density at radius 3 is 2.42 bits per heavy atom. The van der Waals surface area contributed by atoms with Gasteiger partial charge >= 0.3 is 0 Å². The van der Waals surface area contributed by atoms with Gasteiger partial charge in [-0.25, -0.2) is 0 Å². The molecule has 1 saturated heterocycles. The summed E-state index contributed by atoms with van der Waals surface area (Å²) in [6, 6.07) is 7.74. The smallest absolute Gasteiger partial charge is 0.295 e. The van der Waals surface area contributed by atoms with Crippen molar-refractivity contribution < 1.29 is 14.4 Å². The summed E-state index contributed by atoms with van der Waals surface area (Å²) in [5, 5.41) is -0.464. The van der Waals surface area contributed by atoms with Crippen LogP contribution in [0.1, 0.15) is 29.6 Å². The number of nitrogens with zero attached hydrogens (tertiary/aromatic N) is 1. The second kappa shape index (κ2) is 5.93. The zero-order valence-corrected chi connectivity index (χ0v) is 11.2. The third kappa shape index (κ3) is 2.98. The number of Topliss-reactive ketones (excluding diaryl/α,β-unsaturated/α-hetero) is 1. The molecule has 1 heterocycles. The Balaban J connectivity index is 2.18. The summed E-state index contributed by atoms with van der Waals surface area (Å²) in [6.45, 7) is 0.421. The molecule has 100 valence electrons. The van der Waals surface area contributed by atoms with E-state index in [0.717, 1.165) is 12.8 Å². The topological polar surface area (TPSA) is 54.5 Å². The number of carbonyl (C=O) groups is 3. The predicted octanol–water partition coefficient (Wildman–Crippen LogP) is 1.32. The minimum absolute atomic E-state index is 0.341. The lowest BCUT2D eigenvalue weighted by Gasteiger charge is -2.36. The molecule has 1 aliphatic heterocycles. The van der Waals surface area contributed by atoms with E-state index >= 15 is 0 Å². The molecule has 0 aromatic heterocycles. The van der Waals surface area contributed by atoms with Gasteiger partial charge in [-0.15, -0.1) is 0 Å². The molecule has 0 aliphatic carbocycles. The fraction of sp³-hybridized carbons (Fsp3) is 0.357. The van der Waals surface area contributed by atoms with Gasteiger partial charge in [0.05, 0.1) is 6.04 Å². The quantitative estimate of drug-likeness (QED) is 0.475. The molecule has 0 saturated carbocycles. The minimum atomic E-state index is -0.630. The lowest BCUT2D eigenvalue weighted by Crippen LogP contribution is -2.50. The third-order valence-electron chi connectivity index (χ3n) is 3.27. The number of likely N-dealkylation sites (tertiary alicyclic amines) is 1. The SMILES string of the molecule is O=C(C(=O)N1CCCCC1C(=O)[S-])c1ccccc1. The van der Waals surface area contributed by atoms with E-state index in [1.807, 2.05) is 0 Å². The molecule has 1 fully saturated rings. The van der Waals surface area contributed by atoms with Crippen molar-refractivity contribution in [3.05, 3.63) is 35.9 Å². The van der Waals surface area contributed by atoms with E-state index in [1.165, 1.54) is 4.90 Å². The Morgan fingerprint density at radius 2 is 1.79 bits per heavy atom. The number of hydrogen-bond donors (Lipinski definition) is 0. The maximum Gasteiger partial charge on any atom is 0.295 e. The van der Waals surface area contributed by atoms with Gasteiger partial charge in [0.1, 0.15) is 0 Å². The summed E-state index contributed by atoms with van der Waals surface area (Å²) >= 11 is 4.65. The van der Waals surface area contributed by atoms with Gasteiger partial charge in [0, 0.05) is 17.2 Å². The molecule has 5 heteroatoms. The molecule has 0 N–H and O–H groups in total. The molecule has 0 bridgehead atoms. The Hall–Kier alpha value is -1.75. The number of hydrogen-bond acceptors (Lipinski definition) is 4. The predicted molar refractivity (Wildman–Crippen MR) is 72.5 cm³/mol. The van der Waals surface area contributed by atoms with E-state index in [4.69, 9.17) is 0 Å². The van der Waals surface area contributed by atoms with E-state index < -0.39 is 22.8 Å². The van der Waals surface area contributed by atoms with Gasteiger partial charge in [-0.1, -0.05) is 30.3 Å². The van der Waals surface area contributed by atoms with Crippen molar-refractivity contribution in [2.45, 2.75) is 25.3 Å². The fourth-order valence-corrected chi connectivity index (χ4v) is 2.51. The van der Waals surface area contributed by atoms with Crippen LogP contribution in [0, 0.1) is 0 Å². The molecular formula is C14H14NO3S-. The van der Waals surface area contributed by atoms with Gasteiger partial charge in [0.15, 0.2) is 0 Å². The van der Waals surface area contributed by atoms with Crippen molar-refractivity contribution in [3.8, 4) is 0 Å². The molecule has 1 aliphatic rings. The van der Waals surface area contributed by atoms with E-state index in [9.17, 15) is 14.4 Å². The first-order valence-electron chi connectivity index (χ1n) is 6.22. The van der Waals surface area contributed by atoms with Crippen LogP contribution in [0.4, 0.5) is 0 Å². The Labute approximate surface area is 117 Å². The van der Waals surface area contributed by atoms with Crippen LogP contribution >= 0.6 is 0 Å². The van der Waals surface area contributed by atoms with Gasteiger partial charge in [-0.05, 0) is 19.3 Å². The minimum Gasteiger partial charge on any atom is -0.740 e. The van der Waals surface area contributed by atoms with Gasteiger partial charge < -0.3 is 22.3 Å². The van der Waals surface area contributed by atoms with Crippen LogP contribution in [0.3, 0.4) is 0 Å². The molecule has 19 heavy (non-hydrogen) atoms. The zero-order chi connectivity index (χ0) is 13.8. The highest BCUT2D eigenvalue weighted by Crippen LogP contribution is 2.19. The maximum absolute atomic E-state index is 12.2. The van der Waals surface area contributed by atoms with E-state index in [1.54, 1.807) is 30.3 Å². The van der Waals surface area contributed by atoms with Crippen LogP contribution in [0.25, 0.3) is 0 Å². The molecule has 4 nitrogen and oxygen atoms in total. The van der Waals surface area contributed by atoms with Crippen molar-refractivity contribution in [3.63, 3.8) is 0 Å². The molecule has 2 rings (SSSR count). The van der Waals surface area contributed by atoms with Crippen molar-refractivity contribution in [2.75, 3.05) is 6.54 Å². The number of amides is 1. The highest BCUT2D eigenvalue weighted by Gasteiger charge is 2.31. The summed E-state index contributed by atoms with van der Waals surface area (Å²) < 4.78 is 0. The summed E-state index contributed by atoms with van der Waals surface area (Å²) in [5.74, 6) is -1.21. The Kier molecular flexibility index (Phi) is 4.27. The zero-order valence-electron chi connectivity index (χ0n) is 10.4. The van der Waals surface area contributed by atoms with E-state index in [2.05, 4.69) is 12.6 Å². The van der Waals surface area contributed by atoms with E-state index in [-0.39, 0.29) is 0 Å². The largest absolute Gasteiger partial charge is 0.740 e. The fourth-order valence-electron chi connectivity index (χ4n) is 2.26. The lowest BCUT2D eigenvalue weighted by atomic mass is 10.0. The molecule has 0 radical (unpaired) electrons. The second-order valence-electron chi connectivity index (χ2n) is 4.52. The summed E-state index contributed by atoms with van der Waals surface area (Å²) in [6.07, 6.45) is 2.21. The first kappa shape index (κ1) is 13.7. The van der Waals surface area contributed by atoms with Crippen molar-refractivity contribution in [1.29, 1.82) is 0 Å². The van der Waals surface area contributed by atoms with Crippen LogP contribution < -0.4 is 0 Å². The number of carbonyl (C=O) groups excluding carboxylic acids is 3. The van der Waals surface area contributed by atoms with Crippen LogP contribution in [0.5, 0.6) is 0 Å². The number of piperidine rings is 1. The average Bonchev–Trinajstić information content (AvgIpc) is 2.46. The average molecular weight is 276 g/mol. The molecule has 1 atom stereocenters. The first-order valence-corrected chi connectivity index (χ1v) is 6.63. The number of rotatable bonds is 3. The standard InChI is InChI=1S/C14H15NO3S/c16-12(10-6-2-1-3-7-10)13(17)15-9-5-4-8-11(15)14(18)19/h1-3,6-7,11H,4-5,8-9H2,(H,18,19)/p-1. The van der Waals surface area contributed by atoms with Gasteiger partial charge in [-0.2, -0.15) is 0 Å². The monoisotopic (exact) mass is 276 g/mol. The summed E-state index contributed by atoms with van der Waals surface area (Å²) in [4.78, 5) is 37.0. The second-order valence-corrected chi connectivity index (χ2v) is 4.93. The third-order valence-corrected chi connectivity index (χ3v) is 3.54. The number of benzene rings is 1. The van der Waals surface area contributed by atoms with Gasteiger partial charge in [0.25, 0.3) is 5.91 Å². The molecule has 1 aromatic carbocycles. The Bertz CT molecular complexity index is 501. The number of ketones is 1. The van der Waals surface area contributed by atoms with Crippen LogP contribution in [0.15, 0.2) is 30.3 Å². The maximum atomic E-state index is 12.2. The normalized spacial score (nSPS) is 18.9. The van der Waals surface area contributed by atoms with Crippen molar-refractivity contribution in [1.82, 2.24) is 4.90 Å². The highest BCUT2D eigenvalue weighted by molar-refractivity contribution is 7.77. The molecular weight excluding hydrogens is 262 g/mol. The van der Waals surface area contributed by atoms with Gasteiger partial charge in [0.2, 0.25) is 5.78 Å². The highest BCUT2D eigenvalue weighted by atomic mass is 32.1. The Morgan fingerprint density at radius 1 is 1.11 bits per heavy atom. The van der Waals surface area contributed by atoms with E-state index in [0.29, 0.717) is 18.5 Å². The molecule has 1 unspecified atom stereocenters. The lowest BCUT2D eigenvalue weighted by molar-refractivity contribution is -0.134. The summed E-state index contributed by atoms with van der Waals surface area (Å²) in [7, 11) is 0. The molecule has 0 spiro atoms. The summed E-state index contributed by atoms with van der Waals surface area (Å²) in [5.41, 5.74) is 0.341. The van der Waals surface area contributed by atoms with Crippen molar-refractivity contribution >= 4 is 29.4 Å². The van der Waals surface area contributed by atoms with Crippen LogP contribution in [-0.2, 0) is 22.2 Å². The van der Waals surface area contributed by atoms with Crippen LogP contribution in [0.2, 0.25) is 0 Å². The molecule has 1 amide bonds. The van der Waals surface area contributed by atoms with Gasteiger partial charge in [-0.3, -0.25) is 9.59 Å².